The van der Waals surface area contributed by atoms with Crippen molar-refractivity contribution in [2.24, 2.45) is 5.92 Å². The third kappa shape index (κ3) is 4.00. The molecule has 8 nitrogen and oxygen atoms in total. The first-order valence-electron chi connectivity index (χ1n) is 9.17. The van der Waals surface area contributed by atoms with E-state index < -0.39 is 29.3 Å². The molecule has 0 saturated heterocycles. The van der Waals surface area contributed by atoms with Gasteiger partial charge in [-0.3, -0.25) is 19.5 Å². The van der Waals surface area contributed by atoms with Gasteiger partial charge >= 0.3 is 5.97 Å². The van der Waals surface area contributed by atoms with E-state index in [0.29, 0.717) is 5.56 Å². The number of nitrogen functional groups attached to an aromatic ring is 1. The van der Waals surface area contributed by atoms with E-state index in [-0.39, 0.29) is 17.8 Å². The van der Waals surface area contributed by atoms with Crippen LogP contribution < -0.4 is 11.3 Å². The van der Waals surface area contributed by atoms with Crippen molar-refractivity contribution in [2.75, 3.05) is 12.8 Å². The van der Waals surface area contributed by atoms with Gasteiger partial charge in [0.1, 0.15) is 5.82 Å². The molecule has 152 valence electrons. The van der Waals surface area contributed by atoms with Crippen molar-refractivity contribution >= 4 is 17.7 Å². The zero-order valence-electron chi connectivity index (χ0n) is 16.2. The number of nitriles is 1. The summed E-state index contributed by atoms with van der Waals surface area (Å²) < 4.78 is 5.72. The fourth-order valence-corrected chi connectivity index (χ4v) is 3.38. The number of aromatic nitrogens is 2. The number of carbonyl (C=O) groups is 2. The zero-order chi connectivity index (χ0) is 21.7. The molecule has 1 heterocycles. The average molecular weight is 404 g/mol. The van der Waals surface area contributed by atoms with Crippen LogP contribution in [-0.2, 0) is 16.0 Å². The van der Waals surface area contributed by atoms with E-state index in [1.54, 1.807) is 54.6 Å². The molecule has 8 heteroatoms. The molecule has 2 aromatic carbocycles. The Bertz CT molecular complexity index is 1140. The summed E-state index contributed by atoms with van der Waals surface area (Å²) in [5.41, 5.74) is 6.79. The lowest BCUT2D eigenvalue weighted by Gasteiger charge is -2.20. The van der Waals surface area contributed by atoms with Crippen LogP contribution in [0.2, 0.25) is 0 Å². The Morgan fingerprint density at radius 1 is 1.13 bits per heavy atom. The third-order valence-corrected chi connectivity index (χ3v) is 4.82. The molecular formula is C22H20N4O4. The summed E-state index contributed by atoms with van der Waals surface area (Å²) in [5, 5.41) is 12.1. The highest BCUT2D eigenvalue weighted by Gasteiger charge is 2.37. The molecule has 0 aliphatic heterocycles. The van der Waals surface area contributed by atoms with Gasteiger partial charge in [0, 0.05) is 5.92 Å². The molecule has 0 amide bonds. The number of hydrogen-bond donors (Lipinski definition) is 2. The predicted octanol–water partition coefficient (Wildman–Crippen LogP) is 2.09. The van der Waals surface area contributed by atoms with Gasteiger partial charge in [0.05, 0.1) is 25.2 Å². The molecule has 0 aliphatic carbocycles. The molecule has 0 radical (unpaired) electrons. The Kier molecular flexibility index (Phi) is 6.13. The maximum atomic E-state index is 12.8. The van der Waals surface area contributed by atoms with Gasteiger partial charge in [-0.2, -0.15) is 5.26 Å². The molecule has 0 saturated carbocycles. The Balaban J connectivity index is 2.09. The Morgan fingerprint density at radius 3 is 2.30 bits per heavy atom. The third-order valence-electron chi connectivity index (χ3n) is 4.82. The van der Waals surface area contributed by atoms with Crippen molar-refractivity contribution in [3.8, 4) is 6.07 Å². The van der Waals surface area contributed by atoms with Crippen molar-refractivity contribution < 1.29 is 14.3 Å². The van der Waals surface area contributed by atoms with Gasteiger partial charge in [-0.1, -0.05) is 60.7 Å². The average Bonchev–Trinajstić information content (AvgIpc) is 3.06. The van der Waals surface area contributed by atoms with Crippen LogP contribution in [0.25, 0.3) is 0 Å². The number of aromatic amines is 1. The summed E-state index contributed by atoms with van der Waals surface area (Å²) in [4.78, 5) is 37.8. The highest BCUT2D eigenvalue weighted by atomic mass is 16.5. The number of hydrogen-bond acceptors (Lipinski definition) is 6. The SMILES string of the molecule is COC(=O)C(C#N)C(c1ccccc1)c1c(N)n(C(=O)Cc2ccccc2)[nH]c1=O. The van der Waals surface area contributed by atoms with E-state index in [1.807, 2.05) is 12.1 Å². The minimum Gasteiger partial charge on any atom is -0.468 e. The van der Waals surface area contributed by atoms with Crippen LogP contribution >= 0.6 is 0 Å². The van der Waals surface area contributed by atoms with Gasteiger partial charge in [-0.15, -0.1) is 0 Å². The van der Waals surface area contributed by atoms with Gasteiger partial charge in [-0.05, 0) is 11.1 Å². The number of benzene rings is 2. The van der Waals surface area contributed by atoms with Gasteiger partial charge in [0.15, 0.2) is 5.92 Å². The first kappa shape index (κ1) is 20.6. The molecule has 1 aromatic heterocycles. The molecule has 3 rings (SSSR count). The maximum Gasteiger partial charge on any atom is 0.324 e. The van der Waals surface area contributed by atoms with Gasteiger partial charge in [0.25, 0.3) is 11.5 Å². The molecule has 0 bridgehead atoms. The molecule has 2 unspecified atom stereocenters. The van der Waals surface area contributed by atoms with Crippen molar-refractivity contribution in [1.82, 2.24) is 9.78 Å². The Morgan fingerprint density at radius 2 is 1.73 bits per heavy atom. The van der Waals surface area contributed by atoms with Crippen molar-refractivity contribution in [1.29, 1.82) is 5.26 Å². The summed E-state index contributed by atoms with van der Waals surface area (Å²) >= 11 is 0. The zero-order valence-corrected chi connectivity index (χ0v) is 16.2. The van der Waals surface area contributed by atoms with Crippen LogP contribution in [0.4, 0.5) is 5.82 Å². The second-order valence-electron chi connectivity index (χ2n) is 6.65. The summed E-state index contributed by atoms with van der Waals surface area (Å²) in [6.07, 6.45) is 0.0176. The number of esters is 1. The predicted molar refractivity (Wildman–Crippen MR) is 110 cm³/mol. The summed E-state index contributed by atoms with van der Waals surface area (Å²) in [6.45, 7) is 0. The second-order valence-corrected chi connectivity index (χ2v) is 6.65. The first-order valence-corrected chi connectivity index (χ1v) is 9.17. The summed E-state index contributed by atoms with van der Waals surface area (Å²) in [7, 11) is 1.16. The largest absolute Gasteiger partial charge is 0.468 e. The molecule has 30 heavy (non-hydrogen) atoms. The smallest absolute Gasteiger partial charge is 0.324 e. The number of carbonyl (C=O) groups excluding carboxylic acids is 2. The van der Waals surface area contributed by atoms with Gasteiger partial charge in [-0.25, -0.2) is 4.68 Å². The summed E-state index contributed by atoms with van der Waals surface area (Å²) in [6, 6.07) is 19.5. The van der Waals surface area contributed by atoms with Gasteiger partial charge < -0.3 is 10.5 Å². The van der Waals surface area contributed by atoms with Crippen molar-refractivity contribution in [3.63, 3.8) is 0 Å². The highest BCUT2D eigenvalue weighted by molar-refractivity contribution is 5.84. The Hall–Kier alpha value is -4.12. The van der Waals surface area contributed by atoms with Crippen LogP contribution in [0, 0.1) is 17.2 Å². The lowest BCUT2D eigenvalue weighted by Crippen LogP contribution is -2.27. The quantitative estimate of drug-likeness (QED) is 0.605. The molecule has 2 atom stereocenters. The number of nitrogens with one attached hydrogen (secondary N) is 1. The molecule has 0 fully saturated rings. The van der Waals surface area contributed by atoms with E-state index in [1.165, 1.54) is 0 Å². The standard InChI is InChI=1S/C22H20N4O4/c1-30-22(29)16(13-23)18(15-10-6-3-7-11-15)19-20(24)26(25-21(19)28)17(27)12-14-8-4-2-5-9-14/h2-11,16,18H,12,24H2,1H3,(H,25,28). The lowest BCUT2D eigenvalue weighted by molar-refractivity contribution is -0.143. The summed E-state index contributed by atoms with van der Waals surface area (Å²) in [5.74, 6) is -3.70. The molecule has 0 spiro atoms. The minimum atomic E-state index is -1.32. The second kappa shape index (κ2) is 8.92. The van der Waals surface area contributed by atoms with Crippen LogP contribution in [0.1, 0.15) is 27.4 Å². The van der Waals surface area contributed by atoms with E-state index in [9.17, 15) is 19.6 Å². The van der Waals surface area contributed by atoms with Crippen LogP contribution in [0.5, 0.6) is 0 Å². The number of nitrogens with two attached hydrogens (primary N) is 1. The minimum absolute atomic E-state index is 0.0176. The van der Waals surface area contributed by atoms with Crippen molar-refractivity contribution in [2.45, 2.75) is 12.3 Å². The van der Waals surface area contributed by atoms with Crippen LogP contribution in [0.15, 0.2) is 65.5 Å². The Labute approximate surface area is 172 Å². The first-order chi connectivity index (χ1) is 14.5. The number of anilines is 1. The van der Waals surface area contributed by atoms with Crippen molar-refractivity contribution in [3.05, 3.63) is 87.7 Å². The van der Waals surface area contributed by atoms with Crippen LogP contribution in [-0.4, -0.2) is 28.8 Å². The number of rotatable bonds is 6. The number of methoxy groups -OCH3 is 1. The van der Waals surface area contributed by atoms with E-state index in [4.69, 9.17) is 10.5 Å². The molecule has 3 aromatic rings. The lowest BCUT2D eigenvalue weighted by atomic mass is 9.82. The van der Waals surface area contributed by atoms with E-state index in [2.05, 4.69) is 5.10 Å². The van der Waals surface area contributed by atoms with E-state index >= 15 is 0 Å². The number of ether oxygens (including phenoxy) is 1. The number of nitrogens with zero attached hydrogens (tertiary/aromatic N) is 2. The fraction of sp³-hybridized carbons (Fsp3) is 0.182. The maximum absolute atomic E-state index is 12.8. The molecule has 0 aliphatic rings. The number of H-pyrrole nitrogens is 1. The molecular weight excluding hydrogens is 384 g/mol. The van der Waals surface area contributed by atoms with E-state index in [0.717, 1.165) is 17.4 Å². The molecule has 3 N–H and O–H groups in total. The fourth-order valence-electron chi connectivity index (χ4n) is 3.38. The normalized spacial score (nSPS) is 12.5. The van der Waals surface area contributed by atoms with Crippen LogP contribution in [0.3, 0.4) is 0 Å². The monoisotopic (exact) mass is 404 g/mol. The topological polar surface area (TPSA) is 131 Å². The van der Waals surface area contributed by atoms with Gasteiger partial charge in [0.2, 0.25) is 0 Å². The highest BCUT2D eigenvalue weighted by Crippen LogP contribution is 2.34.